The molecule has 3 fully saturated rings. The van der Waals surface area contributed by atoms with E-state index in [9.17, 15) is 0 Å². The number of hydrogen-bond donors (Lipinski definition) is 0. The molecule has 5 unspecified atom stereocenters. The lowest BCUT2D eigenvalue weighted by Crippen LogP contribution is -2.51. The van der Waals surface area contributed by atoms with E-state index in [2.05, 4.69) is 90.5 Å². The van der Waals surface area contributed by atoms with Gasteiger partial charge in [0.05, 0.1) is 18.9 Å². The van der Waals surface area contributed by atoms with Crippen LogP contribution in [0.3, 0.4) is 0 Å². The Morgan fingerprint density at radius 1 is 1.07 bits per heavy atom. The zero-order chi connectivity index (χ0) is 29.4. The highest BCUT2D eigenvalue weighted by molar-refractivity contribution is 5.41. The minimum atomic E-state index is -0.403. The van der Waals surface area contributed by atoms with Crippen LogP contribution in [0.15, 0.2) is 54.7 Å². The SMILES string of the molecule is CC(C)CCc1cn(CCCC2CC3(OCCO3)C3(C)CCC4c5ccc(OCc6ccccc6)cc5CCC4C23)nn1. The fourth-order valence-corrected chi connectivity index (χ4v) is 9.36. The molecule has 6 nitrogen and oxygen atoms in total. The largest absolute Gasteiger partial charge is 0.489 e. The van der Waals surface area contributed by atoms with Crippen LogP contribution in [0.25, 0.3) is 0 Å². The first-order valence-electron chi connectivity index (χ1n) is 16.9. The number of ether oxygens (including phenoxy) is 3. The minimum Gasteiger partial charge on any atom is -0.489 e. The first kappa shape index (κ1) is 29.0. The van der Waals surface area contributed by atoms with Crippen molar-refractivity contribution in [2.75, 3.05) is 13.2 Å². The van der Waals surface area contributed by atoms with Crippen LogP contribution in [-0.2, 0) is 35.5 Å². The molecule has 1 spiro atoms. The monoisotopic (exact) mass is 583 g/mol. The second-order valence-corrected chi connectivity index (χ2v) is 14.4. The Kier molecular flexibility index (Phi) is 8.11. The van der Waals surface area contributed by atoms with Crippen molar-refractivity contribution in [3.05, 3.63) is 77.1 Å². The molecule has 7 rings (SSSR count). The Hall–Kier alpha value is -2.70. The summed E-state index contributed by atoms with van der Waals surface area (Å²) in [6.07, 6.45) is 12.5. The van der Waals surface area contributed by atoms with Gasteiger partial charge in [0.1, 0.15) is 12.4 Å². The number of fused-ring (bicyclic) bond motifs is 6. The molecular weight excluding hydrogens is 534 g/mol. The Labute approximate surface area is 257 Å². The molecule has 0 radical (unpaired) electrons. The van der Waals surface area contributed by atoms with Crippen molar-refractivity contribution >= 4 is 0 Å². The van der Waals surface area contributed by atoms with Crippen molar-refractivity contribution in [2.24, 2.45) is 29.1 Å². The highest BCUT2D eigenvalue weighted by atomic mass is 16.7. The van der Waals surface area contributed by atoms with Crippen molar-refractivity contribution in [3.63, 3.8) is 0 Å². The molecule has 0 amide bonds. The first-order valence-corrected chi connectivity index (χ1v) is 16.9. The molecular formula is C37H49N3O3. The second-order valence-electron chi connectivity index (χ2n) is 14.4. The third-order valence-electron chi connectivity index (χ3n) is 11.4. The molecule has 3 aromatic rings. The van der Waals surface area contributed by atoms with Crippen LogP contribution in [0, 0.1) is 29.1 Å². The van der Waals surface area contributed by atoms with E-state index in [1.54, 1.807) is 5.56 Å². The molecule has 2 heterocycles. The molecule has 1 aromatic heterocycles. The van der Waals surface area contributed by atoms with E-state index in [4.69, 9.17) is 14.2 Å². The fourth-order valence-electron chi connectivity index (χ4n) is 9.36. The lowest BCUT2D eigenvalue weighted by Gasteiger charge is -2.53. The number of rotatable bonds is 10. The van der Waals surface area contributed by atoms with Gasteiger partial charge in [-0.25, -0.2) is 0 Å². The van der Waals surface area contributed by atoms with Crippen LogP contribution in [0.2, 0.25) is 0 Å². The van der Waals surface area contributed by atoms with E-state index in [1.165, 1.54) is 36.8 Å². The molecule has 0 N–H and O–H groups in total. The maximum atomic E-state index is 6.58. The van der Waals surface area contributed by atoms with Gasteiger partial charge in [0.15, 0.2) is 5.79 Å². The summed E-state index contributed by atoms with van der Waals surface area (Å²) in [5, 5.41) is 8.90. The van der Waals surface area contributed by atoms with Crippen molar-refractivity contribution in [1.29, 1.82) is 0 Å². The molecule has 2 saturated carbocycles. The Balaban J connectivity index is 1.06. The Morgan fingerprint density at radius 2 is 1.91 bits per heavy atom. The van der Waals surface area contributed by atoms with Gasteiger partial charge >= 0.3 is 0 Å². The van der Waals surface area contributed by atoms with Gasteiger partial charge in [-0.05, 0) is 110 Å². The molecule has 0 bridgehead atoms. The van der Waals surface area contributed by atoms with Gasteiger partial charge in [0, 0.05) is 24.6 Å². The highest BCUT2D eigenvalue weighted by Gasteiger charge is 2.68. The van der Waals surface area contributed by atoms with Crippen molar-refractivity contribution in [2.45, 2.75) is 103 Å². The van der Waals surface area contributed by atoms with Gasteiger partial charge in [-0.1, -0.05) is 62.4 Å². The lowest BCUT2D eigenvalue weighted by molar-refractivity contribution is -0.237. The quantitative estimate of drug-likeness (QED) is 0.244. The normalized spacial score (nSPS) is 29.0. The molecule has 1 aliphatic heterocycles. The van der Waals surface area contributed by atoms with E-state index in [0.29, 0.717) is 36.2 Å². The average Bonchev–Trinajstić information content (AvgIpc) is 3.74. The number of aromatic nitrogens is 3. The summed E-state index contributed by atoms with van der Waals surface area (Å²) in [4.78, 5) is 0. The van der Waals surface area contributed by atoms with E-state index < -0.39 is 5.79 Å². The smallest absolute Gasteiger partial charge is 0.174 e. The van der Waals surface area contributed by atoms with Crippen LogP contribution in [0.4, 0.5) is 0 Å². The predicted molar refractivity (Wildman–Crippen MR) is 168 cm³/mol. The summed E-state index contributed by atoms with van der Waals surface area (Å²) in [6.45, 7) is 10.1. The maximum Gasteiger partial charge on any atom is 0.174 e. The molecule has 230 valence electrons. The zero-order valence-corrected chi connectivity index (χ0v) is 26.3. The van der Waals surface area contributed by atoms with Crippen LogP contribution in [-0.4, -0.2) is 34.0 Å². The number of benzene rings is 2. The zero-order valence-electron chi connectivity index (χ0n) is 26.3. The van der Waals surface area contributed by atoms with Crippen LogP contribution in [0.1, 0.15) is 94.0 Å². The maximum absolute atomic E-state index is 6.58. The van der Waals surface area contributed by atoms with Gasteiger partial charge < -0.3 is 14.2 Å². The Bertz CT molecular complexity index is 1380. The summed E-state index contributed by atoms with van der Waals surface area (Å²) in [5.41, 5.74) is 5.46. The minimum absolute atomic E-state index is 0.0723. The molecule has 6 heteroatoms. The summed E-state index contributed by atoms with van der Waals surface area (Å²) >= 11 is 0. The molecule has 5 atom stereocenters. The summed E-state index contributed by atoms with van der Waals surface area (Å²) in [7, 11) is 0. The van der Waals surface area contributed by atoms with E-state index in [1.807, 2.05) is 0 Å². The van der Waals surface area contributed by atoms with Crippen molar-refractivity contribution in [1.82, 2.24) is 15.0 Å². The first-order chi connectivity index (χ1) is 20.9. The molecule has 4 aliphatic rings. The highest BCUT2D eigenvalue weighted by Crippen LogP contribution is 2.68. The van der Waals surface area contributed by atoms with E-state index in [-0.39, 0.29) is 5.41 Å². The Morgan fingerprint density at radius 3 is 2.72 bits per heavy atom. The lowest BCUT2D eigenvalue weighted by atomic mass is 9.53. The van der Waals surface area contributed by atoms with Crippen molar-refractivity contribution < 1.29 is 14.2 Å². The number of nitrogens with zero attached hydrogens (tertiary/aromatic N) is 3. The van der Waals surface area contributed by atoms with E-state index in [0.717, 1.165) is 63.3 Å². The standard InChI is InChI=1S/C37H49N3O3/c1-26(2)11-13-30-24-40(39-38-30)19-7-10-29-23-37(42-20-21-43-37)36(3)18-17-33-32-16-14-31(41-25-27-8-5-4-6-9-27)22-28(32)12-15-34(33)35(29)36/h4-6,8-9,14,16,22,24,26,29,33-35H,7,10-13,15,17-21,23,25H2,1-3H3. The molecule has 2 aromatic carbocycles. The van der Waals surface area contributed by atoms with E-state index >= 15 is 0 Å². The second kappa shape index (κ2) is 12.0. The third-order valence-corrected chi connectivity index (χ3v) is 11.4. The topological polar surface area (TPSA) is 58.4 Å². The average molecular weight is 584 g/mol. The van der Waals surface area contributed by atoms with Crippen LogP contribution >= 0.6 is 0 Å². The van der Waals surface area contributed by atoms with Gasteiger partial charge in [-0.2, -0.15) is 0 Å². The molecule has 3 aliphatic carbocycles. The summed E-state index contributed by atoms with van der Waals surface area (Å²) in [6, 6.07) is 17.4. The predicted octanol–water partition coefficient (Wildman–Crippen LogP) is 7.75. The van der Waals surface area contributed by atoms with Gasteiger partial charge in [-0.15, -0.1) is 5.10 Å². The number of aryl methyl sites for hydroxylation is 3. The van der Waals surface area contributed by atoms with Crippen molar-refractivity contribution in [3.8, 4) is 5.75 Å². The van der Waals surface area contributed by atoms with Gasteiger partial charge in [0.2, 0.25) is 0 Å². The van der Waals surface area contributed by atoms with Crippen LogP contribution < -0.4 is 4.74 Å². The van der Waals surface area contributed by atoms with Gasteiger partial charge in [0.25, 0.3) is 0 Å². The molecule has 1 saturated heterocycles. The van der Waals surface area contributed by atoms with Gasteiger partial charge in [-0.3, -0.25) is 4.68 Å². The van der Waals surface area contributed by atoms with Crippen LogP contribution in [0.5, 0.6) is 5.75 Å². The summed E-state index contributed by atoms with van der Waals surface area (Å²) in [5.74, 6) is 3.79. The fraction of sp³-hybridized carbons (Fsp3) is 0.622. The third kappa shape index (κ3) is 5.55. The molecule has 43 heavy (non-hydrogen) atoms. The summed E-state index contributed by atoms with van der Waals surface area (Å²) < 4.78 is 21.5. The number of hydrogen-bond acceptors (Lipinski definition) is 5.